The zero-order valence-corrected chi connectivity index (χ0v) is 20.4. The predicted octanol–water partition coefficient (Wildman–Crippen LogP) is 4.16. The second-order valence-corrected chi connectivity index (χ2v) is 7.77. The third kappa shape index (κ3) is 9.56. The third-order valence-corrected chi connectivity index (χ3v) is 5.11. The number of nitrogens with one attached hydrogen (secondary N) is 2. The quantitative estimate of drug-likeness (QED) is 0.231. The number of benzene rings is 1. The fourth-order valence-corrected chi connectivity index (χ4v) is 3.48. The maximum atomic E-state index is 5.69. The first-order valence-electron chi connectivity index (χ1n) is 10.5. The standard InChI is InChI=1S/C22H38N4O.HI/c1-18(2)27-17-21-11-7-10-20(15-21)16-25-22(23-4)24-12-8-14-26-13-6-5-9-19(26)3;/h7,10-11,15,18-19H,5-6,8-9,12-14,16-17H2,1-4H3,(H2,23,24,25);1H. The van der Waals surface area contributed by atoms with E-state index in [1.54, 1.807) is 0 Å². The Balaban J connectivity index is 0.00000392. The van der Waals surface area contributed by atoms with Crippen LogP contribution in [0.1, 0.15) is 57.6 Å². The monoisotopic (exact) mass is 502 g/mol. The van der Waals surface area contributed by atoms with Gasteiger partial charge in [-0.3, -0.25) is 4.99 Å². The van der Waals surface area contributed by atoms with Crippen LogP contribution in [-0.2, 0) is 17.9 Å². The molecule has 1 aliphatic heterocycles. The van der Waals surface area contributed by atoms with Gasteiger partial charge in [0.2, 0.25) is 0 Å². The van der Waals surface area contributed by atoms with Gasteiger partial charge in [0.25, 0.3) is 0 Å². The molecular weight excluding hydrogens is 463 g/mol. The smallest absolute Gasteiger partial charge is 0.191 e. The molecule has 1 saturated heterocycles. The van der Waals surface area contributed by atoms with Crippen LogP contribution in [-0.4, -0.2) is 49.7 Å². The Kier molecular flexibility index (Phi) is 12.7. The van der Waals surface area contributed by atoms with E-state index in [1.165, 1.54) is 43.5 Å². The molecule has 0 bridgehead atoms. The lowest BCUT2D eigenvalue weighted by Gasteiger charge is -2.33. The van der Waals surface area contributed by atoms with E-state index in [0.717, 1.165) is 31.5 Å². The number of hydrogen-bond donors (Lipinski definition) is 2. The van der Waals surface area contributed by atoms with Crippen molar-refractivity contribution >= 4 is 29.9 Å². The van der Waals surface area contributed by atoms with Crippen molar-refractivity contribution in [1.29, 1.82) is 0 Å². The van der Waals surface area contributed by atoms with Crippen molar-refractivity contribution in [3.8, 4) is 0 Å². The zero-order valence-electron chi connectivity index (χ0n) is 18.0. The van der Waals surface area contributed by atoms with Gasteiger partial charge < -0.3 is 20.3 Å². The molecule has 0 radical (unpaired) electrons. The number of piperidine rings is 1. The molecule has 1 unspecified atom stereocenters. The summed E-state index contributed by atoms with van der Waals surface area (Å²) in [5.41, 5.74) is 2.45. The molecule has 1 atom stereocenters. The number of rotatable bonds is 9. The van der Waals surface area contributed by atoms with Gasteiger partial charge in [0.05, 0.1) is 12.7 Å². The van der Waals surface area contributed by atoms with Crippen molar-refractivity contribution < 1.29 is 4.74 Å². The number of hydrogen-bond acceptors (Lipinski definition) is 3. The van der Waals surface area contributed by atoms with Crippen LogP contribution in [0.3, 0.4) is 0 Å². The minimum Gasteiger partial charge on any atom is -0.374 e. The Morgan fingerprint density at radius 1 is 1.25 bits per heavy atom. The molecule has 6 heteroatoms. The maximum absolute atomic E-state index is 5.69. The van der Waals surface area contributed by atoms with Crippen LogP contribution in [0.15, 0.2) is 29.3 Å². The van der Waals surface area contributed by atoms with E-state index in [9.17, 15) is 0 Å². The van der Waals surface area contributed by atoms with E-state index in [1.807, 2.05) is 7.05 Å². The van der Waals surface area contributed by atoms with Gasteiger partial charge in [0.1, 0.15) is 0 Å². The molecule has 1 fully saturated rings. The Bertz CT molecular complexity index is 579. The van der Waals surface area contributed by atoms with Gasteiger partial charge in [0, 0.05) is 32.7 Å². The summed E-state index contributed by atoms with van der Waals surface area (Å²) in [5, 5.41) is 6.85. The van der Waals surface area contributed by atoms with Crippen LogP contribution in [0, 0.1) is 0 Å². The average molecular weight is 502 g/mol. The van der Waals surface area contributed by atoms with E-state index in [2.05, 4.69) is 65.6 Å². The van der Waals surface area contributed by atoms with Gasteiger partial charge in [-0.15, -0.1) is 24.0 Å². The summed E-state index contributed by atoms with van der Waals surface area (Å²) in [4.78, 5) is 6.96. The highest BCUT2D eigenvalue weighted by molar-refractivity contribution is 14.0. The summed E-state index contributed by atoms with van der Waals surface area (Å²) in [6, 6.07) is 9.27. The molecule has 1 aromatic rings. The molecule has 2 rings (SSSR count). The fourth-order valence-electron chi connectivity index (χ4n) is 3.48. The van der Waals surface area contributed by atoms with E-state index >= 15 is 0 Å². The fraction of sp³-hybridized carbons (Fsp3) is 0.682. The highest BCUT2D eigenvalue weighted by atomic mass is 127. The topological polar surface area (TPSA) is 48.9 Å². The van der Waals surface area contributed by atoms with Gasteiger partial charge in [-0.2, -0.15) is 0 Å². The lowest BCUT2D eigenvalue weighted by molar-refractivity contribution is 0.0657. The largest absolute Gasteiger partial charge is 0.374 e. The lowest BCUT2D eigenvalue weighted by Crippen LogP contribution is -2.41. The molecule has 0 spiro atoms. The van der Waals surface area contributed by atoms with Crippen LogP contribution < -0.4 is 10.6 Å². The van der Waals surface area contributed by atoms with Crippen molar-refractivity contribution in [3.63, 3.8) is 0 Å². The van der Waals surface area contributed by atoms with Crippen LogP contribution in [0.5, 0.6) is 0 Å². The molecule has 28 heavy (non-hydrogen) atoms. The highest BCUT2D eigenvalue weighted by Gasteiger charge is 2.17. The molecule has 1 heterocycles. The molecule has 0 saturated carbocycles. The van der Waals surface area contributed by atoms with E-state index in [0.29, 0.717) is 6.61 Å². The third-order valence-electron chi connectivity index (χ3n) is 5.11. The molecule has 0 aliphatic carbocycles. The van der Waals surface area contributed by atoms with Crippen molar-refractivity contribution in [3.05, 3.63) is 35.4 Å². The SMILES string of the molecule is CN=C(NCCCN1CCCCC1C)NCc1cccc(COC(C)C)c1.I. The van der Waals surface area contributed by atoms with Crippen LogP contribution in [0.2, 0.25) is 0 Å². The van der Waals surface area contributed by atoms with E-state index in [4.69, 9.17) is 4.74 Å². The van der Waals surface area contributed by atoms with Gasteiger partial charge in [-0.1, -0.05) is 30.7 Å². The molecular formula is C22H39IN4O. The van der Waals surface area contributed by atoms with Crippen molar-refractivity contribution in [2.24, 2.45) is 4.99 Å². The van der Waals surface area contributed by atoms with Gasteiger partial charge in [0.15, 0.2) is 5.96 Å². The average Bonchev–Trinajstić information content (AvgIpc) is 2.67. The second-order valence-electron chi connectivity index (χ2n) is 7.77. The van der Waals surface area contributed by atoms with E-state index in [-0.39, 0.29) is 30.1 Å². The second kappa shape index (κ2) is 14.2. The van der Waals surface area contributed by atoms with Crippen LogP contribution in [0.25, 0.3) is 0 Å². The number of ether oxygens (including phenoxy) is 1. The Hall–Kier alpha value is -0.860. The highest BCUT2D eigenvalue weighted by Crippen LogP contribution is 2.16. The summed E-state index contributed by atoms with van der Waals surface area (Å²) in [6.45, 7) is 11.3. The summed E-state index contributed by atoms with van der Waals surface area (Å²) in [7, 11) is 1.83. The Labute approximate surface area is 188 Å². The summed E-state index contributed by atoms with van der Waals surface area (Å²) in [5.74, 6) is 0.866. The normalized spacial score (nSPS) is 18.0. The van der Waals surface area contributed by atoms with Crippen LogP contribution >= 0.6 is 24.0 Å². The summed E-state index contributed by atoms with van der Waals surface area (Å²) < 4.78 is 5.69. The number of guanidine groups is 1. The van der Waals surface area contributed by atoms with Gasteiger partial charge in [-0.25, -0.2) is 0 Å². The molecule has 0 amide bonds. The Morgan fingerprint density at radius 2 is 2.04 bits per heavy atom. The number of likely N-dealkylation sites (tertiary alicyclic amines) is 1. The number of nitrogens with zero attached hydrogens (tertiary/aromatic N) is 2. The first-order valence-corrected chi connectivity index (χ1v) is 10.5. The molecule has 1 aliphatic rings. The minimum absolute atomic E-state index is 0. The first kappa shape index (κ1) is 25.2. The Morgan fingerprint density at radius 3 is 2.75 bits per heavy atom. The van der Waals surface area contributed by atoms with Crippen LogP contribution in [0.4, 0.5) is 0 Å². The molecule has 1 aromatic carbocycles. The first-order chi connectivity index (χ1) is 13.1. The number of halogens is 1. The molecule has 5 nitrogen and oxygen atoms in total. The predicted molar refractivity (Wildman–Crippen MR) is 129 cm³/mol. The van der Waals surface area contributed by atoms with Crippen molar-refractivity contribution in [1.82, 2.24) is 15.5 Å². The van der Waals surface area contributed by atoms with E-state index < -0.39 is 0 Å². The zero-order chi connectivity index (χ0) is 19.5. The van der Waals surface area contributed by atoms with Gasteiger partial charge in [-0.05, 0) is 57.7 Å². The number of aliphatic imine (C=N–C) groups is 1. The summed E-state index contributed by atoms with van der Waals surface area (Å²) in [6.07, 6.45) is 5.48. The maximum Gasteiger partial charge on any atom is 0.191 e. The van der Waals surface area contributed by atoms with Gasteiger partial charge >= 0.3 is 0 Å². The molecule has 2 N–H and O–H groups in total. The minimum atomic E-state index is 0. The lowest BCUT2D eigenvalue weighted by atomic mass is 10.0. The summed E-state index contributed by atoms with van der Waals surface area (Å²) >= 11 is 0. The molecule has 160 valence electrons. The van der Waals surface area contributed by atoms with Crippen molar-refractivity contribution in [2.75, 3.05) is 26.7 Å². The molecule has 0 aromatic heterocycles. The van der Waals surface area contributed by atoms with Crippen molar-refractivity contribution in [2.45, 2.75) is 71.8 Å².